The molecule has 0 bridgehead atoms. The zero-order chi connectivity index (χ0) is 24.5. The van der Waals surface area contributed by atoms with Crippen molar-refractivity contribution in [2.75, 3.05) is 6.54 Å². The highest BCUT2D eigenvalue weighted by Gasteiger charge is 2.34. The van der Waals surface area contributed by atoms with Gasteiger partial charge in [0.25, 0.3) is 5.91 Å². The van der Waals surface area contributed by atoms with Crippen LogP contribution in [0, 0.1) is 11.6 Å². The van der Waals surface area contributed by atoms with Gasteiger partial charge >= 0.3 is 5.97 Å². The molecule has 0 radical (unpaired) electrons. The topological polar surface area (TPSA) is 80.0 Å². The summed E-state index contributed by atoms with van der Waals surface area (Å²) in [7, 11) is 0. The van der Waals surface area contributed by atoms with Crippen molar-refractivity contribution in [1.82, 2.24) is 4.90 Å². The summed E-state index contributed by atoms with van der Waals surface area (Å²) in [4.78, 5) is 25.7. The minimum Gasteiger partial charge on any atom is -0.489 e. The van der Waals surface area contributed by atoms with E-state index in [2.05, 4.69) is 0 Å². The van der Waals surface area contributed by atoms with Crippen LogP contribution in [-0.2, 0) is 11.4 Å². The van der Waals surface area contributed by atoms with Crippen molar-refractivity contribution >= 4 is 22.8 Å². The van der Waals surface area contributed by atoms with Gasteiger partial charge in [0.15, 0.2) is 11.6 Å². The van der Waals surface area contributed by atoms with Crippen molar-refractivity contribution < 1.29 is 32.6 Å². The molecule has 3 aromatic carbocycles. The number of furan rings is 1. The summed E-state index contributed by atoms with van der Waals surface area (Å²) >= 11 is 0. The van der Waals surface area contributed by atoms with Crippen LogP contribution in [0.5, 0.6) is 5.75 Å². The summed E-state index contributed by atoms with van der Waals surface area (Å²) in [6, 6.07) is 15.5. The van der Waals surface area contributed by atoms with E-state index < -0.39 is 23.6 Å². The molecular formula is C27H21F2NO5. The summed E-state index contributed by atoms with van der Waals surface area (Å²) in [5.74, 6) is -2.64. The van der Waals surface area contributed by atoms with Crippen LogP contribution in [0.1, 0.15) is 28.8 Å². The number of nitrogens with zero attached hydrogens (tertiary/aromatic N) is 1. The number of likely N-dealkylation sites (tertiary alicyclic amines) is 1. The maximum atomic E-state index is 14.0. The zero-order valence-corrected chi connectivity index (χ0v) is 18.5. The minimum atomic E-state index is -0.991. The first-order chi connectivity index (χ1) is 16.9. The maximum Gasteiger partial charge on any atom is 0.326 e. The van der Waals surface area contributed by atoms with Crippen molar-refractivity contribution in [3.63, 3.8) is 0 Å². The molecule has 0 spiro atoms. The number of rotatable bonds is 6. The van der Waals surface area contributed by atoms with Crippen molar-refractivity contribution in [3.05, 3.63) is 89.7 Å². The monoisotopic (exact) mass is 477 g/mol. The molecule has 0 aliphatic carbocycles. The first-order valence-corrected chi connectivity index (χ1v) is 11.1. The fraction of sp³-hybridized carbons (Fsp3) is 0.185. The van der Waals surface area contributed by atoms with Gasteiger partial charge in [0.05, 0.1) is 11.6 Å². The Morgan fingerprint density at radius 1 is 1.09 bits per heavy atom. The highest BCUT2D eigenvalue weighted by atomic mass is 19.2. The van der Waals surface area contributed by atoms with Crippen molar-refractivity contribution in [3.8, 4) is 16.9 Å². The Morgan fingerprint density at radius 2 is 1.89 bits per heavy atom. The van der Waals surface area contributed by atoms with Crippen LogP contribution in [0.15, 0.2) is 71.3 Å². The SMILES string of the molecule is O=C(O)[C@@H]1CCCN1C(=O)c1cccc(COc2ccc(-c3cc(F)c(F)c4ccoc34)cc2)c1. The van der Waals surface area contributed by atoms with Gasteiger partial charge in [-0.2, -0.15) is 0 Å². The van der Waals surface area contributed by atoms with Crippen molar-refractivity contribution in [1.29, 1.82) is 0 Å². The maximum absolute atomic E-state index is 14.0. The van der Waals surface area contributed by atoms with Crippen LogP contribution >= 0.6 is 0 Å². The van der Waals surface area contributed by atoms with E-state index in [0.29, 0.717) is 41.8 Å². The van der Waals surface area contributed by atoms with E-state index in [4.69, 9.17) is 9.15 Å². The van der Waals surface area contributed by atoms with Gasteiger partial charge in [0.1, 0.15) is 24.0 Å². The molecule has 0 unspecified atom stereocenters. The number of benzene rings is 3. The molecule has 0 saturated carbocycles. The van der Waals surface area contributed by atoms with Gasteiger partial charge in [-0.15, -0.1) is 0 Å². The van der Waals surface area contributed by atoms with Gasteiger partial charge in [-0.3, -0.25) is 4.79 Å². The van der Waals surface area contributed by atoms with Crippen molar-refractivity contribution in [2.45, 2.75) is 25.5 Å². The summed E-state index contributed by atoms with van der Waals surface area (Å²) in [6.45, 7) is 0.613. The van der Waals surface area contributed by atoms with Gasteiger partial charge in [0.2, 0.25) is 0 Å². The molecule has 1 aromatic heterocycles. The van der Waals surface area contributed by atoms with Crippen LogP contribution in [0.2, 0.25) is 0 Å². The molecule has 178 valence electrons. The molecule has 2 heterocycles. The van der Waals surface area contributed by atoms with Gasteiger partial charge < -0.3 is 19.2 Å². The Kier molecular flexibility index (Phi) is 5.94. The Labute approximate surface area is 199 Å². The lowest BCUT2D eigenvalue weighted by molar-refractivity contribution is -0.141. The lowest BCUT2D eigenvalue weighted by Crippen LogP contribution is -2.40. The summed E-state index contributed by atoms with van der Waals surface area (Å²) < 4.78 is 39.2. The summed E-state index contributed by atoms with van der Waals surface area (Å²) in [5.41, 5.74) is 2.51. The molecule has 4 aromatic rings. The zero-order valence-electron chi connectivity index (χ0n) is 18.5. The number of aliphatic carboxylic acids is 1. The molecule has 35 heavy (non-hydrogen) atoms. The van der Waals surface area contributed by atoms with E-state index >= 15 is 0 Å². The lowest BCUT2D eigenvalue weighted by atomic mass is 10.0. The third-order valence-electron chi connectivity index (χ3n) is 6.17. The van der Waals surface area contributed by atoms with Crippen LogP contribution in [0.3, 0.4) is 0 Å². The Morgan fingerprint density at radius 3 is 2.66 bits per heavy atom. The average Bonchev–Trinajstić information content (AvgIpc) is 3.56. The molecule has 1 saturated heterocycles. The number of carbonyl (C=O) groups excluding carboxylic acids is 1. The minimum absolute atomic E-state index is 0.0818. The number of fused-ring (bicyclic) bond motifs is 1. The molecule has 1 fully saturated rings. The molecular weight excluding hydrogens is 456 g/mol. The number of hydrogen-bond donors (Lipinski definition) is 1. The Balaban J connectivity index is 1.29. The highest BCUT2D eigenvalue weighted by molar-refractivity contribution is 5.97. The van der Waals surface area contributed by atoms with Gasteiger partial charge in [-0.05, 0) is 60.4 Å². The number of amides is 1. The van der Waals surface area contributed by atoms with Gasteiger partial charge in [-0.25, -0.2) is 13.6 Å². The number of ether oxygens (including phenoxy) is 1. The van der Waals surface area contributed by atoms with Crippen LogP contribution in [-0.4, -0.2) is 34.5 Å². The quantitative estimate of drug-likeness (QED) is 0.388. The standard InChI is InChI=1S/C27H21F2NO5/c28-22-14-21(25-20(24(22)29)10-12-34-25)17-6-8-19(9-7-17)35-15-16-3-1-4-18(13-16)26(31)30-11-2-5-23(30)27(32)33/h1,3-4,6-10,12-14,23H,2,5,11,15H2,(H,32,33)/t23-/m0/s1. The number of carboxylic acid groups (broad SMARTS) is 1. The van der Waals surface area contributed by atoms with Crippen LogP contribution in [0.25, 0.3) is 22.1 Å². The third kappa shape index (κ3) is 4.35. The molecule has 1 N–H and O–H groups in total. The second-order valence-corrected chi connectivity index (χ2v) is 8.39. The van der Waals surface area contributed by atoms with Crippen LogP contribution < -0.4 is 4.74 Å². The van der Waals surface area contributed by atoms with E-state index in [1.807, 2.05) is 6.07 Å². The second-order valence-electron chi connectivity index (χ2n) is 8.39. The summed E-state index contributed by atoms with van der Waals surface area (Å²) in [6.07, 6.45) is 2.44. The third-order valence-corrected chi connectivity index (χ3v) is 6.17. The molecule has 5 rings (SSSR count). The van der Waals surface area contributed by atoms with E-state index in [0.717, 1.165) is 11.6 Å². The fourth-order valence-electron chi connectivity index (χ4n) is 4.41. The Hall–Kier alpha value is -4.20. The second kappa shape index (κ2) is 9.21. The Bertz CT molecular complexity index is 1410. The molecule has 6 nitrogen and oxygen atoms in total. The first-order valence-electron chi connectivity index (χ1n) is 11.1. The van der Waals surface area contributed by atoms with E-state index in [9.17, 15) is 23.5 Å². The predicted molar refractivity (Wildman–Crippen MR) is 124 cm³/mol. The molecule has 1 atom stereocenters. The fourth-order valence-corrected chi connectivity index (χ4v) is 4.41. The number of carboxylic acids is 1. The number of hydrogen-bond acceptors (Lipinski definition) is 4. The molecule has 1 amide bonds. The average molecular weight is 477 g/mol. The largest absolute Gasteiger partial charge is 0.489 e. The molecule has 8 heteroatoms. The predicted octanol–water partition coefficient (Wildman–Crippen LogP) is 5.65. The van der Waals surface area contributed by atoms with E-state index in [1.54, 1.807) is 42.5 Å². The van der Waals surface area contributed by atoms with E-state index in [-0.39, 0.29) is 23.5 Å². The molecule has 1 aliphatic rings. The summed E-state index contributed by atoms with van der Waals surface area (Å²) in [5, 5.41) is 9.43. The van der Waals surface area contributed by atoms with Crippen LogP contribution in [0.4, 0.5) is 8.78 Å². The van der Waals surface area contributed by atoms with Crippen molar-refractivity contribution in [2.24, 2.45) is 0 Å². The number of carbonyl (C=O) groups is 2. The highest BCUT2D eigenvalue weighted by Crippen LogP contribution is 2.33. The first kappa shape index (κ1) is 22.6. The lowest BCUT2D eigenvalue weighted by Gasteiger charge is -2.21. The smallest absolute Gasteiger partial charge is 0.326 e. The van der Waals surface area contributed by atoms with E-state index in [1.165, 1.54) is 17.2 Å². The molecule has 1 aliphatic heterocycles. The van der Waals surface area contributed by atoms with Gasteiger partial charge in [0, 0.05) is 17.7 Å². The van der Waals surface area contributed by atoms with Gasteiger partial charge in [-0.1, -0.05) is 24.3 Å². The normalized spacial score (nSPS) is 15.5. The number of halogens is 2.